The van der Waals surface area contributed by atoms with Crippen LogP contribution < -0.4 is 11.4 Å². The molecule has 0 amide bonds. The summed E-state index contributed by atoms with van der Waals surface area (Å²) >= 11 is 0. The highest BCUT2D eigenvalue weighted by atomic mass is 32.2. The standard InChI is InChI=1S/C16H17F3N6O2S/c1-2-7-28(21,27)14-23-12(20)11-13(24-14)25(15(26)22-11)8-9-3-5-10(6-4-9)16(17,18)19/h3-6,21H,2,7-8H2,1H3,(H,22,26)(H2,20,23,24). The number of anilines is 1. The molecule has 1 atom stereocenters. The molecule has 1 unspecified atom stereocenters. The third-order valence-corrected chi connectivity index (χ3v) is 5.79. The summed E-state index contributed by atoms with van der Waals surface area (Å²) in [6.45, 7) is 1.67. The zero-order valence-electron chi connectivity index (χ0n) is 14.7. The molecule has 1 aromatic carbocycles. The fourth-order valence-electron chi connectivity index (χ4n) is 2.69. The van der Waals surface area contributed by atoms with Gasteiger partial charge in [0.05, 0.1) is 12.1 Å². The van der Waals surface area contributed by atoms with Gasteiger partial charge in [-0.05, 0) is 24.1 Å². The van der Waals surface area contributed by atoms with Crippen molar-refractivity contribution in [2.45, 2.75) is 31.2 Å². The number of H-pyrrole nitrogens is 1. The van der Waals surface area contributed by atoms with Crippen molar-refractivity contribution in [2.24, 2.45) is 0 Å². The molecule has 2 heterocycles. The topological polar surface area (TPSA) is 131 Å². The molecule has 28 heavy (non-hydrogen) atoms. The van der Waals surface area contributed by atoms with Crippen LogP contribution in [0.4, 0.5) is 19.0 Å². The van der Waals surface area contributed by atoms with Crippen molar-refractivity contribution in [3.05, 3.63) is 45.9 Å². The van der Waals surface area contributed by atoms with Gasteiger partial charge in [0.1, 0.15) is 15.2 Å². The second-order valence-electron chi connectivity index (χ2n) is 6.18. The number of halogens is 3. The molecule has 12 heteroatoms. The first-order chi connectivity index (χ1) is 13.0. The van der Waals surface area contributed by atoms with Crippen LogP contribution in [0, 0.1) is 4.78 Å². The summed E-state index contributed by atoms with van der Waals surface area (Å²) in [4.78, 5) is 22.8. The third-order valence-electron chi connectivity index (χ3n) is 4.04. The molecule has 0 aliphatic rings. The molecule has 0 fully saturated rings. The maximum Gasteiger partial charge on any atom is 0.416 e. The van der Waals surface area contributed by atoms with Gasteiger partial charge in [-0.15, -0.1) is 0 Å². The lowest BCUT2D eigenvalue weighted by molar-refractivity contribution is -0.137. The van der Waals surface area contributed by atoms with Crippen LogP contribution in [0.15, 0.2) is 34.2 Å². The average molecular weight is 414 g/mol. The number of hydrogen-bond acceptors (Lipinski definition) is 6. The highest BCUT2D eigenvalue weighted by Crippen LogP contribution is 2.29. The molecule has 3 aromatic rings. The summed E-state index contributed by atoms with van der Waals surface area (Å²) in [7, 11) is -3.28. The van der Waals surface area contributed by atoms with Gasteiger partial charge in [0.15, 0.2) is 11.5 Å². The smallest absolute Gasteiger partial charge is 0.382 e. The Morgan fingerprint density at radius 2 is 1.89 bits per heavy atom. The Morgan fingerprint density at radius 3 is 2.46 bits per heavy atom. The Labute approximate surface area is 157 Å². The average Bonchev–Trinajstić information content (AvgIpc) is 2.91. The van der Waals surface area contributed by atoms with Crippen molar-refractivity contribution in [1.29, 1.82) is 4.78 Å². The molecule has 0 bridgehead atoms. The second kappa shape index (κ2) is 6.93. The van der Waals surface area contributed by atoms with Crippen molar-refractivity contribution in [3.8, 4) is 0 Å². The summed E-state index contributed by atoms with van der Waals surface area (Å²) in [6.07, 6.45) is -3.99. The maximum atomic E-state index is 12.7. The Balaban J connectivity index is 2.07. The van der Waals surface area contributed by atoms with E-state index in [1.165, 1.54) is 12.1 Å². The number of nitrogens with zero attached hydrogens (tertiary/aromatic N) is 3. The van der Waals surface area contributed by atoms with E-state index in [0.29, 0.717) is 12.0 Å². The maximum absolute atomic E-state index is 12.7. The molecule has 8 nitrogen and oxygen atoms in total. The summed E-state index contributed by atoms with van der Waals surface area (Å²) < 4.78 is 59.7. The fraction of sp³-hybridized carbons (Fsp3) is 0.312. The fourth-order valence-corrected chi connectivity index (χ4v) is 3.92. The Bertz CT molecular complexity index is 1180. The van der Waals surface area contributed by atoms with Crippen LogP contribution in [0.2, 0.25) is 0 Å². The predicted molar refractivity (Wildman–Crippen MR) is 97.4 cm³/mol. The van der Waals surface area contributed by atoms with Crippen molar-refractivity contribution < 1.29 is 17.4 Å². The number of nitrogens with one attached hydrogen (secondary N) is 2. The number of fused-ring (bicyclic) bond motifs is 1. The number of nitrogens with two attached hydrogens (primary N) is 1. The molecule has 3 rings (SSSR count). The molecule has 4 N–H and O–H groups in total. The minimum absolute atomic E-state index is 0.0332. The number of alkyl halides is 3. The molecule has 0 radical (unpaired) electrons. The molecule has 150 valence electrons. The van der Waals surface area contributed by atoms with Gasteiger partial charge in [0, 0.05) is 5.75 Å². The summed E-state index contributed by atoms with van der Waals surface area (Å²) in [5, 5.41) is -0.278. The Morgan fingerprint density at radius 1 is 1.25 bits per heavy atom. The van der Waals surface area contributed by atoms with E-state index in [1.54, 1.807) is 6.92 Å². The van der Waals surface area contributed by atoms with Crippen molar-refractivity contribution in [3.63, 3.8) is 0 Å². The Hall–Kier alpha value is -2.89. The first kappa shape index (κ1) is 19.9. The van der Waals surface area contributed by atoms with E-state index in [0.717, 1.165) is 16.7 Å². The summed E-state index contributed by atoms with van der Waals surface area (Å²) in [5.41, 5.74) is 5.02. The normalized spacial score (nSPS) is 14.3. The van der Waals surface area contributed by atoms with Gasteiger partial charge in [0.25, 0.3) is 0 Å². The summed E-state index contributed by atoms with van der Waals surface area (Å²) in [6, 6.07) is 4.35. The first-order valence-corrected chi connectivity index (χ1v) is 9.94. The molecular weight excluding hydrogens is 397 g/mol. The number of rotatable bonds is 5. The Kier molecular flexibility index (Phi) is 4.91. The molecule has 0 spiro atoms. The van der Waals surface area contributed by atoms with Gasteiger partial charge in [-0.1, -0.05) is 19.1 Å². The van der Waals surface area contributed by atoms with Gasteiger partial charge in [-0.2, -0.15) is 18.2 Å². The molecule has 0 aliphatic carbocycles. The van der Waals surface area contributed by atoms with E-state index in [1.807, 2.05) is 0 Å². The minimum Gasteiger partial charge on any atom is -0.382 e. The van der Waals surface area contributed by atoms with Crippen LogP contribution in [0.5, 0.6) is 0 Å². The largest absolute Gasteiger partial charge is 0.416 e. The monoisotopic (exact) mass is 414 g/mol. The van der Waals surface area contributed by atoms with E-state index in [4.69, 9.17) is 10.5 Å². The molecule has 2 aromatic heterocycles. The van der Waals surface area contributed by atoms with Gasteiger partial charge < -0.3 is 10.7 Å². The lowest BCUT2D eigenvalue weighted by Gasteiger charge is -2.09. The lowest BCUT2D eigenvalue weighted by atomic mass is 10.1. The number of imidazole rings is 1. The molecule has 0 saturated heterocycles. The van der Waals surface area contributed by atoms with Gasteiger partial charge in [0.2, 0.25) is 5.16 Å². The van der Waals surface area contributed by atoms with E-state index in [-0.39, 0.29) is 34.4 Å². The minimum atomic E-state index is -4.46. The zero-order chi connectivity index (χ0) is 20.7. The van der Waals surface area contributed by atoms with Crippen LogP contribution in [-0.4, -0.2) is 29.5 Å². The highest BCUT2D eigenvalue weighted by Gasteiger charge is 2.30. The van der Waals surface area contributed by atoms with Gasteiger partial charge >= 0.3 is 11.9 Å². The van der Waals surface area contributed by atoms with Crippen LogP contribution >= 0.6 is 0 Å². The number of hydrogen-bond donors (Lipinski definition) is 3. The van der Waals surface area contributed by atoms with Crippen LogP contribution in [0.1, 0.15) is 24.5 Å². The number of nitrogen functional groups attached to an aromatic ring is 1. The number of benzene rings is 1. The van der Waals surface area contributed by atoms with E-state index < -0.39 is 27.2 Å². The van der Waals surface area contributed by atoms with Crippen molar-refractivity contribution in [2.75, 3.05) is 11.5 Å². The lowest BCUT2D eigenvalue weighted by Crippen LogP contribution is -2.18. The first-order valence-electron chi connectivity index (χ1n) is 8.21. The van der Waals surface area contributed by atoms with Crippen LogP contribution in [0.3, 0.4) is 0 Å². The van der Waals surface area contributed by atoms with Gasteiger partial charge in [-0.3, -0.25) is 4.57 Å². The van der Waals surface area contributed by atoms with E-state index >= 15 is 0 Å². The highest BCUT2D eigenvalue weighted by molar-refractivity contribution is 7.92. The molecule has 0 aliphatic heterocycles. The van der Waals surface area contributed by atoms with E-state index in [9.17, 15) is 22.2 Å². The quantitative estimate of drug-likeness (QED) is 0.553. The van der Waals surface area contributed by atoms with Gasteiger partial charge in [-0.25, -0.2) is 18.8 Å². The molecular formula is C16H17F3N6O2S. The van der Waals surface area contributed by atoms with E-state index in [2.05, 4.69) is 15.0 Å². The number of aromatic amines is 1. The predicted octanol–water partition coefficient (Wildman–Crippen LogP) is 2.58. The second-order valence-corrected chi connectivity index (χ2v) is 8.30. The molecule has 0 saturated carbocycles. The number of aromatic nitrogens is 4. The van der Waals surface area contributed by atoms with Crippen molar-refractivity contribution in [1.82, 2.24) is 19.5 Å². The van der Waals surface area contributed by atoms with Crippen LogP contribution in [-0.2, 0) is 22.5 Å². The zero-order valence-corrected chi connectivity index (χ0v) is 15.5. The summed E-state index contributed by atoms with van der Waals surface area (Å²) in [5.74, 6) is -0.0924. The SMILES string of the molecule is CCCS(=N)(=O)c1nc(N)c2[nH]c(=O)n(Cc3ccc(C(F)(F)F)cc3)c2n1. The van der Waals surface area contributed by atoms with Crippen molar-refractivity contribution >= 4 is 26.7 Å². The third kappa shape index (κ3) is 3.72. The van der Waals surface area contributed by atoms with Crippen LogP contribution in [0.25, 0.3) is 11.2 Å².